The van der Waals surface area contributed by atoms with E-state index in [1.54, 1.807) is 17.4 Å². The molecule has 1 aromatic carbocycles. The van der Waals surface area contributed by atoms with Gasteiger partial charge in [-0.2, -0.15) is 29.4 Å². The van der Waals surface area contributed by atoms with Crippen LogP contribution in [0.4, 0.5) is 0 Å². The predicted molar refractivity (Wildman–Crippen MR) is 137 cm³/mol. The Bertz CT molecular complexity index is 1500. The Hall–Kier alpha value is -3.04. The van der Waals surface area contributed by atoms with Gasteiger partial charge in [-0.3, -0.25) is 0 Å². The maximum atomic E-state index is 8.20. The summed E-state index contributed by atoms with van der Waals surface area (Å²) in [6.45, 7) is -2.46. The second-order valence-corrected chi connectivity index (χ2v) is 7.78. The van der Waals surface area contributed by atoms with Crippen LogP contribution in [-0.2, 0) is 20.1 Å². The minimum atomic E-state index is -2.46. The Morgan fingerprint density at radius 1 is 1.06 bits per heavy atom. The third-order valence-corrected chi connectivity index (χ3v) is 5.49. The summed E-state index contributed by atoms with van der Waals surface area (Å²) in [6.07, 6.45) is 12.5. The molecule has 0 N–H and O–H groups in total. The van der Waals surface area contributed by atoms with Crippen LogP contribution in [0, 0.1) is 19.3 Å². The second-order valence-electron chi connectivity index (χ2n) is 6.83. The zero-order chi connectivity index (χ0) is 26.3. The fraction of sp³-hybridized carbons (Fsp3) is 0.0690. The molecule has 1 radical (unpaired) electrons. The van der Waals surface area contributed by atoms with Crippen molar-refractivity contribution in [2.75, 3.05) is 0 Å². The first-order chi connectivity index (χ1) is 17.8. The van der Waals surface area contributed by atoms with Crippen molar-refractivity contribution >= 4 is 27.0 Å². The minimum Gasteiger partial charge on any atom is -0.321 e. The average molecular weight is 630 g/mol. The zero-order valence-corrected chi connectivity index (χ0v) is 20.9. The third-order valence-electron chi connectivity index (χ3n) is 4.57. The smallest absolute Gasteiger partial charge is 0.0618 e. The van der Waals surface area contributed by atoms with Crippen molar-refractivity contribution < 1.29 is 27.0 Å². The van der Waals surface area contributed by atoms with Gasteiger partial charge in [-0.05, 0) is 46.7 Å². The first-order valence-corrected chi connectivity index (χ1v) is 11.0. The molecule has 0 unspecified atom stereocenters. The first kappa shape index (κ1) is 18.4. The summed E-state index contributed by atoms with van der Waals surface area (Å²) in [5, 5.41) is 2.88. The van der Waals surface area contributed by atoms with E-state index in [9.17, 15) is 0 Å². The quantitative estimate of drug-likeness (QED) is 0.211. The zero-order valence-electron chi connectivity index (χ0n) is 22.7. The van der Waals surface area contributed by atoms with Crippen molar-refractivity contribution in [2.24, 2.45) is 0 Å². The third kappa shape index (κ3) is 7.23. The molecule has 33 heavy (non-hydrogen) atoms. The molecule has 1 aliphatic carbocycles. The van der Waals surface area contributed by atoms with Gasteiger partial charge in [-0.1, -0.05) is 48.8 Å². The van der Waals surface area contributed by atoms with Crippen LogP contribution in [0.2, 0.25) is 0 Å². The molecule has 0 fully saturated rings. The summed E-state index contributed by atoms with van der Waals surface area (Å²) in [5.74, 6) is 0. The number of aryl methyl sites for hydroxylation is 1. The molecular formula is C29H24IrN2S-2. The summed E-state index contributed by atoms with van der Waals surface area (Å²) in [4.78, 5) is 8.42. The number of nitrogens with zero attached hydrogens (tertiary/aromatic N) is 2. The molecule has 2 nitrogen and oxygen atoms in total. The molecule has 5 rings (SSSR count). The number of hydrogen-bond acceptors (Lipinski definition) is 3. The Morgan fingerprint density at radius 3 is 2.79 bits per heavy atom. The summed E-state index contributed by atoms with van der Waals surface area (Å²) in [5.41, 5.74) is 2.84. The number of benzene rings is 1. The largest absolute Gasteiger partial charge is 0.321 e. The standard InChI is InChI=1S/C18H14NS.C11H10N.Ir/c1-14-9-10-17(19-13-14)15-6-4-5-11-20-18-8-3-2-7-16(18)12-15;1-2-6-10(7-3-1)11-8-4-5-9-12-11;/h2-5,7-13H,1H3;1-2,4-9H,3H2;/q2*-1;/i1D3,9D,10D;;. The maximum absolute atomic E-state index is 8.20. The molecule has 3 heterocycles. The summed E-state index contributed by atoms with van der Waals surface area (Å²) < 4.78 is 39.6. The van der Waals surface area contributed by atoms with Crippen molar-refractivity contribution in [3.8, 4) is 11.3 Å². The van der Waals surface area contributed by atoms with Gasteiger partial charge in [0, 0.05) is 41.3 Å². The fourth-order valence-corrected chi connectivity index (χ4v) is 3.75. The molecular weight excluding hydrogens is 601 g/mol. The van der Waals surface area contributed by atoms with Gasteiger partial charge >= 0.3 is 0 Å². The van der Waals surface area contributed by atoms with Gasteiger partial charge in [-0.15, -0.1) is 42.0 Å². The van der Waals surface area contributed by atoms with E-state index in [1.165, 1.54) is 5.57 Å². The minimum absolute atomic E-state index is 0. The van der Waals surface area contributed by atoms with Crippen LogP contribution in [0.25, 0.3) is 26.9 Å². The van der Waals surface area contributed by atoms with Gasteiger partial charge < -0.3 is 9.97 Å². The molecule has 4 heteroatoms. The van der Waals surface area contributed by atoms with Crippen molar-refractivity contribution in [1.29, 1.82) is 0 Å². The molecule has 4 aromatic rings. The van der Waals surface area contributed by atoms with Crippen molar-refractivity contribution in [3.63, 3.8) is 0 Å². The van der Waals surface area contributed by atoms with E-state index < -0.39 is 6.85 Å². The van der Waals surface area contributed by atoms with Crippen molar-refractivity contribution in [3.05, 3.63) is 132 Å². The van der Waals surface area contributed by atoms with E-state index in [0.717, 1.165) is 28.4 Å². The molecule has 1 aliphatic rings. The molecule has 0 saturated carbocycles. The van der Waals surface area contributed by atoms with Crippen LogP contribution >= 0.6 is 11.3 Å². The summed E-state index contributed by atoms with van der Waals surface area (Å²) in [7, 11) is 0. The SMILES string of the molecule is C1=CC[CH-]C(c2ccccn2)=C1.[2H]c1c(C([2H])([2H])[2H])cnc(-c2[c-]cccsc3ccccc3c2)c1[2H].[Ir]. The second kappa shape index (κ2) is 12.9. The van der Waals surface area contributed by atoms with E-state index in [4.69, 9.17) is 6.85 Å². The molecule has 0 atom stereocenters. The van der Waals surface area contributed by atoms with Crippen LogP contribution in [0.15, 0.2) is 109 Å². The van der Waals surface area contributed by atoms with Crippen molar-refractivity contribution in [1.82, 2.24) is 9.97 Å². The average Bonchev–Trinajstić information content (AvgIpc) is 3.01. The number of fused-ring (bicyclic) bond motifs is 1. The van der Waals surface area contributed by atoms with Gasteiger partial charge in [0.25, 0.3) is 0 Å². The maximum Gasteiger partial charge on any atom is 0.0618 e. The van der Waals surface area contributed by atoms with Gasteiger partial charge in [0.2, 0.25) is 0 Å². The summed E-state index contributed by atoms with van der Waals surface area (Å²) >= 11 is 1.57. The number of rotatable bonds is 2. The molecule has 0 saturated heterocycles. The molecule has 0 bridgehead atoms. The Labute approximate surface area is 220 Å². The molecule has 0 amide bonds. The Balaban J connectivity index is 0.000000258. The Morgan fingerprint density at radius 2 is 1.97 bits per heavy atom. The van der Waals surface area contributed by atoms with Crippen LogP contribution in [0.3, 0.4) is 0 Å². The fourth-order valence-electron chi connectivity index (χ4n) is 3.02. The van der Waals surface area contributed by atoms with Crippen LogP contribution in [-0.4, -0.2) is 9.97 Å². The van der Waals surface area contributed by atoms with Gasteiger partial charge in [0.15, 0.2) is 0 Å². The van der Waals surface area contributed by atoms with E-state index in [1.807, 2.05) is 66.2 Å². The van der Waals surface area contributed by atoms with E-state index >= 15 is 0 Å². The van der Waals surface area contributed by atoms with Gasteiger partial charge in [0.05, 0.1) is 2.74 Å². The number of aromatic nitrogens is 2. The normalized spacial score (nSPS) is 14.3. The molecule has 0 spiro atoms. The van der Waals surface area contributed by atoms with E-state index in [-0.39, 0.29) is 43.4 Å². The van der Waals surface area contributed by atoms with Crippen molar-refractivity contribution in [2.45, 2.75) is 13.3 Å². The Kier molecular flexibility index (Phi) is 7.17. The molecule has 0 aliphatic heterocycles. The van der Waals surface area contributed by atoms with Gasteiger partial charge in [-0.25, -0.2) is 0 Å². The number of pyridine rings is 2. The number of allylic oxidation sites excluding steroid dienone is 4. The predicted octanol–water partition coefficient (Wildman–Crippen LogP) is 7.82. The molecule has 3 aromatic heterocycles. The molecule has 167 valence electrons. The van der Waals surface area contributed by atoms with Crippen LogP contribution in [0.1, 0.15) is 24.5 Å². The van der Waals surface area contributed by atoms with E-state index in [2.05, 4.69) is 40.7 Å². The first-order valence-electron chi connectivity index (χ1n) is 12.7. The topological polar surface area (TPSA) is 25.8 Å². The van der Waals surface area contributed by atoms with Crippen LogP contribution < -0.4 is 0 Å². The number of hydrogen-bond donors (Lipinski definition) is 0. The van der Waals surface area contributed by atoms with E-state index in [0.29, 0.717) is 5.56 Å². The monoisotopic (exact) mass is 630 g/mol. The van der Waals surface area contributed by atoms with Gasteiger partial charge in [0.1, 0.15) is 0 Å². The summed E-state index contributed by atoms with van der Waals surface area (Å²) in [6, 6.07) is 21.7. The van der Waals surface area contributed by atoms with Crippen LogP contribution in [0.5, 0.6) is 0 Å².